The minimum absolute atomic E-state index is 0.357. The Hall–Kier alpha value is -0.380. The van der Waals surface area contributed by atoms with Gasteiger partial charge in [-0.05, 0) is 42.7 Å². The Kier molecular flexibility index (Phi) is 2.91. The van der Waals surface area contributed by atoms with Crippen LogP contribution in [0.15, 0.2) is 16.8 Å². The zero-order valence-corrected chi connectivity index (χ0v) is 9.63. The number of thiophene rings is 1. The summed E-state index contributed by atoms with van der Waals surface area (Å²) in [7, 11) is 0. The second-order valence-corrected chi connectivity index (χ2v) is 4.94. The Balaban J connectivity index is 2.09. The SMILES string of the molecule is CC(c1ccsc1)N1CCC(N)C1C. The molecular weight excluding hydrogens is 192 g/mol. The van der Waals surface area contributed by atoms with Crippen LogP contribution in [0.2, 0.25) is 0 Å². The molecule has 0 aromatic carbocycles. The maximum absolute atomic E-state index is 6.02. The van der Waals surface area contributed by atoms with Crippen LogP contribution < -0.4 is 5.73 Å². The molecule has 78 valence electrons. The largest absolute Gasteiger partial charge is 0.326 e. The van der Waals surface area contributed by atoms with Crippen LogP contribution in [0.4, 0.5) is 0 Å². The van der Waals surface area contributed by atoms with Crippen LogP contribution in [0.1, 0.15) is 31.9 Å². The first-order valence-corrected chi connectivity index (χ1v) is 6.18. The van der Waals surface area contributed by atoms with Gasteiger partial charge >= 0.3 is 0 Å². The van der Waals surface area contributed by atoms with Crippen molar-refractivity contribution in [1.82, 2.24) is 4.90 Å². The molecule has 3 heteroatoms. The molecule has 3 atom stereocenters. The highest BCUT2D eigenvalue weighted by Crippen LogP contribution is 2.29. The summed E-state index contributed by atoms with van der Waals surface area (Å²) in [6.45, 7) is 5.65. The third-order valence-electron chi connectivity index (χ3n) is 3.39. The van der Waals surface area contributed by atoms with E-state index in [1.54, 1.807) is 11.3 Å². The third-order valence-corrected chi connectivity index (χ3v) is 4.09. The summed E-state index contributed by atoms with van der Waals surface area (Å²) in [6.07, 6.45) is 1.13. The van der Waals surface area contributed by atoms with Crippen LogP contribution in [-0.2, 0) is 0 Å². The number of hydrogen-bond acceptors (Lipinski definition) is 3. The number of likely N-dealkylation sites (tertiary alicyclic amines) is 1. The molecule has 1 aliphatic heterocycles. The molecule has 0 spiro atoms. The van der Waals surface area contributed by atoms with Gasteiger partial charge in [-0.15, -0.1) is 0 Å². The zero-order chi connectivity index (χ0) is 10.1. The highest BCUT2D eigenvalue weighted by molar-refractivity contribution is 7.07. The van der Waals surface area contributed by atoms with E-state index in [1.165, 1.54) is 5.56 Å². The number of nitrogens with two attached hydrogens (primary N) is 1. The fraction of sp³-hybridized carbons (Fsp3) is 0.636. The normalized spacial score (nSPS) is 30.8. The van der Waals surface area contributed by atoms with E-state index in [0.717, 1.165) is 13.0 Å². The molecule has 0 radical (unpaired) electrons. The Morgan fingerprint density at radius 1 is 1.64 bits per heavy atom. The van der Waals surface area contributed by atoms with Gasteiger partial charge in [-0.2, -0.15) is 11.3 Å². The Bertz CT molecular complexity index is 283. The fourth-order valence-electron chi connectivity index (χ4n) is 2.24. The van der Waals surface area contributed by atoms with Gasteiger partial charge in [0.2, 0.25) is 0 Å². The summed E-state index contributed by atoms with van der Waals surface area (Å²) in [6, 6.07) is 3.61. The molecule has 2 N–H and O–H groups in total. The molecule has 1 aliphatic rings. The fourth-order valence-corrected chi connectivity index (χ4v) is 2.99. The van der Waals surface area contributed by atoms with Crippen LogP contribution in [0.3, 0.4) is 0 Å². The Morgan fingerprint density at radius 2 is 2.43 bits per heavy atom. The molecule has 0 amide bonds. The van der Waals surface area contributed by atoms with Crippen LogP contribution >= 0.6 is 11.3 Å². The second-order valence-electron chi connectivity index (χ2n) is 4.16. The molecule has 2 rings (SSSR count). The summed E-state index contributed by atoms with van der Waals surface area (Å²) in [5.41, 5.74) is 7.45. The van der Waals surface area contributed by atoms with E-state index < -0.39 is 0 Å². The third kappa shape index (κ3) is 1.72. The minimum atomic E-state index is 0.357. The number of rotatable bonds is 2. The lowest BCUT2D eigenvalue weighted by Crippen LogP contribution is -2.38. The highest BCUT2D eigenvalue weighted by atomic mass is 32.1. The lowest BCUT2D eigenvalue weighted by molar-refractivity contribution is 0.198. The number of nitrogens with zero attached hydrogens (tertiary/aromatic N) is 1. The molecule has 0 bridgehead atoms. The topological polar surface area (TPSA) is 29.3 Å². The number of hydrogen-bond donors (Lipinski definition) is 1. The average Bonchev–Trinajstić information content (AvgIpc) is 2.77. The predicted molar refractivity (Wildman–Crippen MR) is 61.5 cm³/mol. The van der Waals surface area contributed by atoms with E-state index in [9.17, 15) is 0 Å². The van der Waals surface area contributed by atoms with Crippen LogP contribution in [0.25, 0.3) is 0 Å². The zero-order valence-electron chi connectivity index (χ0n) is 8.81. The molecule has 2 heterocycles. The van der Waals surface area contributed by atoms with E-state index in [-0.39, 0.29) is 0 Å². The molecule has 14 heavy (non-hydrogen) atoms. The van der Waals surface area contributed by atoms with Gasteiger partial charge in [-0.1, -0.05) is 0 Å². The van der Waals surface area contributed by atoms with Gasteiger partial charge < -0.3 is 5.73 Å². The van der Waals surface area contributed by atoms with Gasteiger partial charge in [0.15, 0.2) is 0 Å². The smallest absolute Gasteiger partial charge is 0.0331 e. The summed E-state index contributed by atoms with van der Waals surface area (Å²) in [5.74, 6) is 0. The Labute approximate surface area is 89.7 Å². The molecule has 3 unspecified atom stereocenters. The molecule has 2 nitrogen and oxygen atoms in total. The standard InChI is InChI=1S/C11H18N2S/c1-8(10-4-6-14-7-10)13-5-3-11(12)9(13)2/h4,6-9,11H,3,5,12H2,1-2H3. The summed E-state index contributed by atoms with van der Waals surface area (Å²) in [5, 5.41) is 4.38. The first-order valence-electron chi connectivity index (χ1n) is 5.23. The van der Waals surface area contributed by atoms with Crippen molar-refractivity contribution in [3.8, 4) is 0 Å². The van der Waals surface area contributed by atoms with Crippen molar-refractivity contribution in [3.05, 3.63) is 22.4 Å². The minimum Gasteiger partial charge on any atom is -0.326 e. The van der Waals surface area contributed by atoms with Crippen LogP contribution in [0, 0.1) is 0 Å². The van der Waals surface area contributed by atoms with E-state index in [4.69, 9.17) is 5.73 Å². The Morgan fingerprint density at radius 3 is 2.93 bits per heavy atom. The molecule has 0 saturated carbocycles. The van der Waals surface area contributed by atoms with Gasteiger partial charge in [0.1, 0.15) is 0 Å². The van der Waals surface area contributed by atoms with Gasteiger partial charge in [0.25, 0.3) is 0 Å². The van der Waals surface area contributed by atoms with Gasteiger partial charge in [-0.3, -0.25) is 4.90 Å². The van der Waals surface area contributed by atoms with Crippen molar-refractivity contribution >= 4 is 11.3 Å². The maximum atomic E-state index is 6.02. The maximum Gasteiger partial charge on any atom is 0.0331 e. The van der Waals surface area contributed by atoms with Gasteiger partial charge in [0, 0.05) is 24.7 Å². The van der Waals surface area contributed by atoms with E-state index in [2.05, 4.69) is 35.6 Å². The molecule has 1 fully saturated rings. The van der Waals surface area contributed by atoms with Crippen molar-refractivity contribution in [2.45, 2.75) is 38.4 Å². The first kappa shape index (κ1) is 10.1. The van der Waals surface area contributed by atoms with Crippen LogP contribution in [0.5, 0.6) is 0 Å². The quantitative estimate of drug-likeness (QED) is 0.811. The summed E-state index contributed by atoms with van der Waals surface area (Å²) < 4.78 is 0. The first-order chi connectivity index (χ1) is 6.70. The molecule has 0 aliphatic carbocycles. The average molecular weight is 210 g/mol. The summed E-state index contributed by atoms with van der Waals surface area (Å²) in [4.78, 5) is 2.51. The van der Waals surface area contributed by atoms with Crippen molar-refractivity contribution in [3.63, 3.8) is 0 Å². The van der Waals surface area contributed by atoms with Crippen LogP contribution in [-0.4, -0.2) is 23.5 Å². The highest BCUT2D eigenvalue weighted by Gasteiger charge is 2.31. The second kappa shape index (κ2) is 4.01. The van der Waals surface area contributed by atoms with E-state index >= 15 is 0 Å². The molecule has 1 saturated heterocycles. The predicted octanol–water partition coefficient (Wildman–Crippen LogP) is 2.23. The van der Waals surface area contributed by atoms with Crippen molar-refractivity contribution in [2.75, 3.05) is 6.54 Å². The molecule has 1 aromatic heterocycles. The van der Waals surface area contributed by atoms with Gasteiger partial charge in [0.05, 0.1) is 0 Å². The van der Waals surface area contributed by atoms with E-state index in [1.807, 2.05) is 0 Å². The molecular formula is C11H18N2S. The van der Waals surface area contributed by atoms with Crippen molar-refractivity contribution in [2.24, 2.45) is 5.73 Å². The van der Waals surface area contributed by atoms with Gasteiger partial charge in [-0.25, -0.2) is 0 Å². The van der Waals surface area contributed by atoms with Crippen molar-refractivity contribution in [1.29, 1.82) is 0 Å². The lowest BCUT2D eigenvalue weighted by Gasteiger charge is -2.29. The van der Waals surface area contributed by atoms with E-state index in [0.29, 0.717) is 18.1 Å². The monoisotopic (exact) mass is 210 g/mol. The molecule has 1 aromatic rings. The lowest BCUT2D eigenvalue weighted by atomic mass is 10.1. The summed E-state index contributed by atoms with van der Waals surface area (Å²) >= 11 is 1.77. The van der Waals surface area contributed by atoms with Crippen molar-refractivity contribution < 1.29 is 0 Å².